The number of nitrogens with zero attached hydrogens (tertiary/aromatic N) is 3. The van der Waals surface area contributed by atoms with Crippen LogP contribution in [0.1, 0.15) is 18.2 Å². The fourth-order valence-electron chi connectivity index (χ4n) is 3.58. The van der Waals surface area contributed by atoms with Crippen molar-refractivity contribution < 1.29 is 14.0 Å². The van der Waals surface area contributed by atoms with Crippen molar-refractivity contribution in [1.82, 2.24) is 19.9 Å². The molecule has 0 amide bonds. The van der Waals surface area contributed by atoms with Crippen molar-refractivity contribution in [1.29, 1.82) is 0 Å². The van der Waals surface area contributed by atoms with Gasteiger partial charge >= 0.3 is 8.25 Å². The molecule has 8 heteroatoms. The van der Waals surface area contributed by atoms with E-state index in [1.165, 1.54) is 0 Å². The summed E-state index contributed by atoms with van der Waals surface area (Å²) in [5.41, 5.74) is 0.438. The van der Waals surface area contributed by atoms with Gasteiger partial charge in [0.15, 0.2) is 5.60 Å². The van der Waals surface area contributed by atoms with Crippen molar-refractivity contribution in [2.45, 2.75) is 18.1 Å². The van der Waals surface area contributed by atoms with E-state index in [1.54, 1.807) is 12.5 Å². The zero-order valence-electron chi connectivity index (χ0n) is 13.5. The number of para-hydroxylation sites is 1. The Morgan fingerprint density at radius 1 is 1.32 bits per heavy atom. The van der Waals surface area contributed by atoms with Gasteiger partial charge in [0.05, 0.1) is 23.6 Å². The van der Waals surface area contributed by atoms with Crippen LogP contribution in [0.4, 0.5) is 0 Å². The molecule has 1 aliphatic heterocycles. The highest BCUT2D eigenvalue weighted by Crippen LogP contribution is 2.45. The lowest BCUT2D eigenvalue weighted by Gasteiger charge is -2.43. The van der Waals surface area contributed by atoms with E-state index in [0.29, 0.717) is 12.2 Å². The number of pyridine rings is 1. The maximum absolute atomic E-state index is 11.7. The van der Waals surface area contributed by atoms with Crippen LogP contribution in [0.15, 0.2) is 55.1 Å². The lowest BCUT2D eigenvalue weighted by molar-refractivity contribution is -0.0154. The van der Waals surface area contributed by atoms with Gasteiger partial charge in [0.25, 0.3) is 0 Å². The number of imidazole rings is 1. The van der Waals surface area contributed by atoms with Gasteiger partial charge in [0.1, 0.15) is 0 Å². The van der Waals surface area contributed by atoms with Crippen LogP contribution in [0.25, 0.3) is 10.9 Å². The summed E-state index contributed by atoms with van der Waals surface area (Å²) < 4.78 is 19.3. The van der Waals surface area contributed by atoms with Gasteiger partial charge in [-0.3, -0.25) is 9.09 Å². The molecule has 0 radical (unpaired) electrons. The summed E-state index contributed by atoms with van der Waals surface area (Å²) in [7, 11) is -3.18. The summed E-state index contributed by atoms with van der Waals surface area (Å²) in [4.78, 5) is 18.5. The Balaban J connectivity index is 1.88. The summed E-state index contributed by atoms with van der Waals surface area (Å²) in [6, 6.07) is 11.5. The molecule has 7 nitrogen and oxygen atoms in total. The lowest BCUT2D eigenvalue weighted by atomic mass is 9.84. The van der Waals surface area contributed by atoms with Crippen LogP contribution in [0.2, 0.25) is 0 Å². The van der Waals surface area contributed by atoms with E-state index in [9.17, 15) is 9.46 Å². The first-order valence-corrected chi connectivity index (χ1v) is 9.42. The third-order valence-electron chi connectivity index (χ3n) is 4.71. The molecule has 3 unspecified atom stereocenters. The molecular formula is C17H19N4O3P. The van der Waals surface area contributed by atoms with Crippen LogP contribution in [-0.2, 0) is 14.7 Å². The normalized spacial score (nSPS) is 25.1. The number of benzene rings is 1. The standard InChI is InChI=1S/C17H19N4O3P/c22-25(23)24-17(11-18-8-7-16(17)21-10-9-19-12-21)15-6-5-13-3-1-2-4-14(13)20-15/h1-6,9-10,12,16,18,25H,7-8,11H2,(H,22,23). The fourth-order valence-corrected chi connectivity index (χ4v) is 4.21. The van der Waals surface area contributed by atoms with E-state index in [0.717, 1.165) is 23.9 Å². The van der Waals surface area contributed by atoms with Crippen molar-refractivity contribution in [3.05, 3.63) is 60.8 Å². The highest BCUT2D eigenvalue weighted by atomic mass is 31.1. The maximum atomic E-state index is 11.7. The van der Waals surface area contributed by atoms with E-state index in [2.05, 4.69) is 10.3 Å². The quantitative estimate of drug-likeness (QED) is 0.696. The minimum absolute atomic E-state index is 0.175. The number of hydrogen-bond acceptors (Lipinski definition) is 5. The van der Waals surface area contributed by atoms with Crippen LogP contribution in [0.3, 0.4) is 0 Å². The SMILES string of the molecule is O=[PH](O)OC1(c2ccc3ccccc3n2)CNCCC1n1ccnc1. The topological polar surface area (TPSA) is 89.3 Å². The molecule has 1 fully saturated rings. The van der Waals surface area contributed by atoms with Gasteiger partial charge in [-0.2, -0.15) is 0 Å². The molecule has 0 bridgehead atoms. The van der Waals surface area contributed by atoms with E-state index >= 15 is 0 Å². The van der Waals surface area contributed by atoms with Crippen LogP contribution < -0.4 is 5.32 Å². The summed E-state index contributed by atoms with van der Waals surface area (Å²) >= 11 is 0. The summed E-state index contributed by atoms with van der Waals surface area (Å²) in [5, 5.41) is 4.30. The van der Waals surface area contributed by atoms with Gasteiger partial charge < -0.3 is 14.8 Å². The molecule has 25 heavy (non-hydrogen) atoms. The third kappa shape index (κ3) is 3.00. The highest BCUT2D eigenvalue weighted by molar-refractivity contribution is 7.32. The molecule has 1 aromatic carbocycles. The number of fused-ring (bicyclic) bond motifs is 1. The molecule has 2 aromatic heterocycles. The first kappa shape index (κ1) is 16.4. The van der Waals surface area contributed by atoms with Crippen molar-refractivity contribution >= 4 is 19.2 Å². The van der Waals surface area contributed by atoms with Gasteiger partial charge in [0.2, 0.25) is 0 Å². The zero-order chi connectivity index (χ0) is 17.3. The third-order valence-corrected chi connectivity index (χ3v) is 5.25. The number of rotatable bonds is 4. The Morgan fingerprint density at radius 3 is 3.00 bits per heavy atom. The monoisotopic (exact) mass is 358 g/mol. The predicted octanol–water partition coefficient (Wildman–Crippen LogP) is 2.26. The largest absolute Gasteiger partial charge is 0.331 e. The summed E-state index contributed by atoms with van der Waals surface area (Å²) in [6.45, 7) is 1.19. The van der Waals surface area contributed by atoms with Gasteiger partial charge in [-0.15, -0.1) is 0 Å². The van der Waals surface area contributed by atoms with E-state index < -0.39 is 13.9 Å². The Kier molecular flexibility index (Phi) is 4.39. The van der Waals surface area contributed by atoms with Crippen LogP contribution >= 0.6 is 8.25 Å². The number of aromatic nitrogens is 3. The lowest BCUT2D eigenvalue weighted by Crippen LogP contribution is -2.51. The minimum Gasteiger partial charge on any atom is -0.331 e. The summed E-state index contributed by atoms with van der Waals surface area (Å²) in [5.74, 6) is 0. The second kappa shape index (κ2) is 6.69. The molecule has 0 saturated carbocycles. The Morgan fingerprint density at radius 2 is 2.20 bits per heavy atom. The number of hydrogen-bond donors (Lipinski definition) is 2. The zero-order valence-corrected chi connectivity index (χ0v) is 14.5. The average Bonchev–Trinajstić information content (AvgIpc) is 3.15. The van der Waals surface area contributed by atoms with E-state index in [-0.39, 0.29) is 6.04 Å². The van der Waals surface area contributed by atoms with Gasteiger partial charge in [-0.1, -0.05) is 24.3 Å². The van der Waals surface area contributed by atoms with Crippen LogP contribution in [0, 0.1) is 0 Å². The molecule has 0 spiro atoms. The Hall–Kier alpha value is -2.05. The van der Waals surface area contributed by atoms with Gasteiger partial charge in [-0.25, -0.2) is 9.97 Å². The van der Waals surface area contributed by atoms with E-state index in [4.69, 9.17) is 9.51 Å². The smallest absolute Gasteiger partial charge is 0.317 e. The molecular weight excluding hydrogens is 339 g/mol. The first-order chi connectivity index (χ1) is 12.2. The molecule has 2 N–H and O–H groups in total. The molecule has 130 valence electrons. The first-order valence-electron chi connectivity index (χ1n) is 8.15. The van der Waals surface area contributed by atoms with Gasteiger partial charge in [0, 0.05) is 24.3 Å². The average molecular weight is 358 g/mol. The van der Waals surface area contributed by atoms with E-state index in [1.807, 2.05) is 47.2 Å². The molecule has 1 saturated heterocycles. The Bertz CT molecular complexity index is 902. The molecule has 3 heterocycles. The second-order valence-corrected chi connectivity index (χ2v) is 6.87. The van der Waals surface area contributed by atoms with Crippen LogP contribution in [-0.4, -0.2) is 32.5 Å². The molecule has 3 atom stereocenters. The molecule has 4 rings (SSSR count). The molecule has 1 aliphatic rings. The molecule has 3 aromatic rings. The van der Waals surface area contributed by atoms with Crippen molar-refractivity contribution in [2.75, 3.05) is 13.1 Å². The van der Waals surface area contributed by atoms with Crippen molar-refractivity contribution in [3.8, 4) is 0 Å². The molecule has 0 aliphatic carbocycles. The number of piperidine rings is 1. The van der Waals surface area contributed by atoms with Crippen LogP contribution in [0.5, 0.6) is 0 Å². The maximum Gasteiger partial charge on any atom is 0.317 e. The fraction of sp³-hybridized carbons (Fsp3) is 0.294. The van der Waals surface area contributed by atoms with Gasteiger partial charge in [-0.05, 0) is 25.1 Å². The highest BCUT2D eigenvalue weighted by Gasteiger charge is 2.47. The summed E-state index contributed by atoms with van der Waals surface area (Å²) in [6.07, 6.45) is 6.00. The Labute approximate surface area is 145 Å². The minimum atomic E-state index is -3.18. The van der Waals surface area contributed by atoms with Crippen molar-refractivity contribution in [3.63, 3.8) is 0 Å². The van der Waals surface area contributed by atoms with Crippen molar-refractivity contribution in [2.24, 2.45) is 0 Å². The second-order valence-electron chi connectivity index (χ2n) is 6.14. The number of nitrogens with one attached hydrogen (secondary N) is 1. The predicted molar refractivity (Wildman–Crippen MR) is 94.5 cm³/mol.